The minimum atomic E-state index is 0.0867. The largest absolute Gasteiger partial charge is 0.481 e. The van der Waals surface area contributed by atoms with E-state index in [1.54, 1.807) is 18.2 Å². The third-order valence-electron chi connectivity index (χ3n) is 2.51. The van der Waals surface area contributed by atoms with Crippen LogP contribution in [0.5, 0.6) is 23.5 Å². The highest BCUT2D eigenvalue weighted by Crippen LogP contribution is 2.30. The summed E-state index contributed by atoms with van der Waals surface area (Å²) in [6, 6.07) is 6.89. The molecule has 0 saturated carbocycles. The molecule has 7 heteroatoms. The molecule has 0 bridgehead atoms. The number of methoxy groups -OCH3 is 2. The van der Waals surface area contributed by atoms with Gasteiger partial charge in [-0.2, -0.15) is 9.97 Å². The monoisotopic (exact) mass is 295 g/mol. The highest BCUT2D eigenvalue weighted by molar-refractivity contribution is 6.32. The van der Waals surface area contributed by atoms with Crippen LogP contribution in [0.4, 0.5) is 0 Å². The van der Waals surface area contributed by atoms with Crippen molar-refractivity contribution in [1.82, 2.24) is 9.97 Å². The van der Waals surface area contributed by atoms with Gasteiger partial charge in [-0.3, -0.25) is 0 Å². The van der Waals surface area contributed by atoms with Crippen molar-refractivity contribution < 1.29 is 14.2 Å². The summed E-state index contributed by atoms with van der Waals surface area (Å²) in [7, 11) is 2.99. The van der Waals surface area contributed by atoms with Gasteiger partial charge in [-0.15, -0.1) is 0 Å². The first kappa shape index (κ1) is 14.4. The molecule has 0 unspecified atom stereocenters. The van der Waals surface area contributed by atoms with E-state index in [1.807, 2.05) is 6.07 Å². The average Bonchev–Trinajstić information content (AvgIpc) is 2.48. The Morgan fingerprint density at radius 2 is 1.75 bits per heavy atom. The number of hydrogen-bond acceptors (Lipinski definition) is 6. The molecule has 2 N–H and O–H groups in total. The van der Waals surface area contributed by atoms with Crippen LogP contribution in [-0.2, 0) is 6.54 Å². The van der Waals surface area contributed by atoms with Crippen molar-refractivity contribution in [3.8, 4) is 23.5 Å². The Labute approximate surface area is 121 Å². The number of halogens is 1. The van der Waals surface area contributed by atoms with Gasteiger partial charge in [-0.05, 0) is 17.7 Å². The molecule has 1 aromatic heterocycles. The van der Waals surface area contributed by atoms with E-state index in [1.165, 1.54) is 14.2 Å². The summed E-state index contributed by atoms with van der Waals surface area (Å²) >= 11 is 6.11. The molecule has 1 aromatic carbocycles. The zero-order valence-electron chi connectivity index (χ0n) is 11.1. The number of ether oxygens (including phenoxy) is 3. The Hall–Kier alpha value is -2.05. The summed E-state index contributed by atoms with van der Waals surface area (Å²) in [6.45, 7) is 0.406. The number of rotatable bonds is 5. The van der Waals surface area contributed by atoms with Gasteiger partial charge in [0.25, 0.3) is 0 Å². The van der Waals surface area contributed by atoms with Gasteiger partial charge in [-0.25, -0.2) is 0 Å². The molecule has 0 aliphatic heterocycles. The lowest BCUT2D eigenvalue weighted by Gasteiger charge is -2.09. The van der Waals surface area contributed by atoms with Crippen LogP contribution in [0.15, 0.2) is 24.3 Å². The van der Waals surface area contributed by atoms with Crippen LogP contribution in [0.1, 0.15) is 5.56 Å². The van der Waals surface area contributed by atoms with E-state index >= 15 is 0 Å². The minimum Gasteiger partial charge on any atom is -0.481 e. The van der Waals surface area contributed by atoms with E-state index in [4.69, 9.17) is 31.5 Å². The van der Waals surface area contributed by atoms with Crippen molar-refractivity contribution in [3.63, 3.8) is 0 Å². The second-order valence-electron chi connectivity index (χ2n) is 3.81. The van der Waals surface area contributed by atoms with E-state index in [-0.39, 0.29) is 6.01 Å². The molecule has 6 nitrogen and oxygen atoms in total. The van der Waals surface area contributed by atoms with E-state index < -0.39 is 0 Å². The van der Waals surface area contributed by atoms with Gasteiger partial charge in [-0.1, -0.05) is 17.7 Å². The smallest absolute Gasteiger partial charge is 0.328 e. The van der Waals surface area contributed by atoms with Crippen molar-refractivity contribution in [2.75, 3.05) is 14.2 Å². The van der Waals surface area contributed by atoms with Crippen LogP contribution in [0, 0.1) is 0 Å². The van der Waals surface area contributed by atoms with Gasteiger partial charge < -0.3 is 19.9 Å². The maximum atomic E-state index is 6.11. The quantitative estimate of drug-likeness (QED) is 0.912. The first-order valence-electron chi connectivity index (χ1n) is 5.79. The van der Waals surface area contributed by atoms with Gasteiger partial charge in [0.15, 0.2) is 0 Å². The van der Waals surface area contributed by atoms with E-state index in [0.717, 1.165) is 5.56 Å². The predicted octanol–water partition coefficient (Wildman–Crippen LogP) is 2.40. The Bertz CT molecular complexity index is 585. The molecular weight excluding hydrogens is 282 g/mol. The van der Waals surface area contributed by atoms with Crippen molar-refractivity contribution in [2.45, 2.75) is 6.54 Å². The zero-order chi connectivity index (χ0) is 14.5. The summed E-state index contributed by atoms with van der Waals surface area (Å²) in [5, 5.41) is 0.429. The molecule has 1 heterocycles. The number of nitrogens with zero attached hydrogens (tertiary/aromatic N) is 2. The molecule has 0 aliphatic rings. The second-order valence-corrected chi connectivity index (χ2v) is 4.21. The minimum absolute atomic E-state index is 0.0867. The molecule has 0 fully saturated rings. The first-order chi connectivity index (χ1) is 9.66. The standard InChI is InChI=1S/C13H14ClN3O3/c1-18-11-6-12(19-2)17-13(16-11)20-10-4-3-8(7-15)5-9(10)14/h3-6H,7,15H2,1-2H3. The average molecular weight is 296 g/mol. The third-order valence-corrected chi connectivity index (χ3v) is 2.81. The van der Waals surface area contributed by atoms with E-state index in [9.17, 15) is 0 Å². The highest BCUT2D eigenvalue weighted by atomic mass is 35.5. The molecule has 106 valence electrons. The van der Waals surface area contributed by atoms with Gasteiger partial charge >= 0.3 is 6.01 Å². The third kappa shape index (κ3) is 3.28. The fourth-order valence-electron chi connectivity index (χ4n) is 1.49. The normalized spacial score (nSPS) is 10.2. The maximum absolute atomic E-state index is 6.11. The molecule has 0 saturated heterocycles. The Morgan fingerprint density at radius 1 is 1.10 bits per heavy atom. The van der Waals surface area contributed by atoms with Crippen molar-refractivity contribution in [1.29, 1.82) is 0 Å². The van der Waals surface area contributed by atoms with Crippen LogP contribution in [0.2, 0.25) is 5.02 Å². The topological polar surface area (TPSA) is 79.5 Å². The lowest BCUT2D eigenvalue weighted by molar-refractivity contribution is 0.348. The fourth-order valence-corrected chi connectivity index (χ4v) is 1.73. The molecule has 20 heavy (non-hydrogen) atoms. The summed E-state index contributed by atoms with van der Waals surface area (Å²) in [4.78, 5) is 8.12. The van der Waals surface area contributed by atoms with Crippen LogP contribution >= 0.6 is 11.6 Å². The summed E-state index contributed by atoms with van der Waals surface area (Å²) < 4.78 is 15.6. The Kier molecular flexibility index (Phi) is 4.60. The van der Waals surface area contributed by atoms with Crippen molar-refractivity contribution in [3.05, 3.63) is 34.9 Å². The van der Waals surface area contributed by atoms with Gasteiger partial charge in [0.05, 0.1) is 25.3 Å². The lowest BCUT2D eigenvalue weighted by atomic mass is 10.2. The fraction of sp³-hybridized carbons (Fsp3) is 0.231. The highest BCUT2D eigenvalue weighted by Gasteiger charge is 2.10. The van der Waals surface area contributed by atoms with Crippen molar-refractivity contribution >= 4 is 11.6 Å². The van der Waals surface area contributed by atoms with Crippen LogP contribution < -0.4 is 19.9 Å². The predicted molar refractivity (Wildman–Crippen MR) is 74.6 cm³/mol. The molecule has 0 aliphatic carbocycles. The summed E-state index contributed by atoms with van der Waals surface area (Å²) in [5.41, 5.74) is 6.45. The Morgan fingerprint density at radius 3 is 2.25 bits per heavy atom. The SMILES string of the molecule is COc1cc(OC)nc(Oc2ccc(CN)cc2Cl)n1. The van der Waals surface area contributed by atoms with Crippen LogP contribution in [0.25, 0.3) is 0 Å². The van der Waals surface area contributed by atoms with Gasteiger partial charge in [0.1, 0.15) is 5.75 Å². The van der Waals surface area contributed by atoms with Gasteiger partial charge in [0, 0.05) is 6.54 Å². The molecule has 0 amide bonds. The molecule has 2 rings (SSSR count). The van der Waals surface area contributed by atoms with Gasteiger partial charge in [0.2, 0.25) is 11.8 Å². The molecular formula is C13H14ClN3O3. The number of nitrogens with two attached hydrogens (primary N) is 1. The number of hydrogen-bond donors (Lipinski definition) is 1. The maximum Gasteiger partial charge on any atom is 0.328 e. The van der Waals surface area contributed by atoms with Crippen molar-refractivity contribution in [2.24, 2.45) is 5.73 Å². The lowest BCUT2D eigenvalue weighted by Crippen LogP contribution is -1.99. The number of aromatic nitrogens is 2. The summed E-state index contributed by atoms with van der Waals surface area (Å²) in [6.07, 6.45) is 0. The molecule has 0 atom stereocenters. The summed E-state index contributed by atoms with van der Waals surface area (Å²) in [5.74, 6) is 1.10. The Balaban J connectivity index is 2.29. The molecule has 2 aromatic rings. The molecule has 0 spiro atoms. The molecule has 0 radical (unpaired) electrons. The number of benzene rings is 1. The van der Waals surface area contributed by atoms with E-state index in [0.29, 0.717) is 29.1 Å². The van der Waals surface area contributed by atoms with Crippen LogP contribution in [0.3, 0.4) is 0 Å². The second kappa shape index (κ2) is 6.40. The van der Waals surface area contributed by atoms with Crippen LogP contribution in [-0.4, -0.2) is 24.2 Å². The zero-order valence-corrected chi connectivity index (χ0v) is 11.8. The first-order valence-corrected chi connectivity index (χ1v) is 6.17. The van der Waals surface area contributed by atoms with E-state index in [2.05, 4.69) is 9.97 Å².